The first kappa shape index (κ1) is 25.8. The molecule has 2 amide bonds. The van der Waals surface area contributed by atoms with Crippen LogP contribution in [0.3, 0.4) is 0 Å². The van der Waals surface area contributed by atoms with Crippen LogP contribution >= 0.6 is 0 Å². The highest BCUT2D eigenvalue weighted by atomic mass is 19.2. The van der Waals surface area contributed by atoms with Gasteiger partial charge in [0, 0.05) is 6.54 Å². The Balaban J connectivity index is 1.58. The summed E-state index contributed by atoms with van der Waals surface area (Å²) in [6.45, 7) is 5.73. The minimum Gasteiger partial charge on any atom is -0.489 e. The fourth-order valence-electron chi connectivity index (χ4n) is 3.40. The van der Waals surface area contributed by atoms with Crippen molar-refractivity contribution in [1.29, 1.82) is 0 Å². The van der Waals surface area contributed by atoms with Crippen LogP contribution in [0.25, 0.3) is 0 Å². The Morgan fingerprint density at radius 2 is 1.77 bits per heavy atom. The number of carbonyl (C=O) groups excluding carboxylic acids is 2. The summed E-state index contributed by atoms with van der Waals surface area (Å²) in [7, 11) is 0. The number of nitrogens with one attached hydrogen (secondary N) is 1. The SMILES string of the molecule is CCCN(CC(=O)Nc1ccc(F)c(F)c1F)C(=O)Cc1ccc(OCc2c(C)noc2C)cc1. The maximum atomic E-state index is 13.8. The standard InChI is InChI=1S/C25H26F3N3O4/c1-4-11-31(13-22(32)29-21-10-9-20(26)24(27)25(21)28)23(33)12-17-5-7-18(8-6-17)34-14-19-15(2)30-35-16(19)3/h5-10H,4,11-14H2,1-3H3,(H,29,32). The monoisotopic (exact) mass is 489 g/mol. The summed E-state index contributed by atoms with van der Waals surface area (Å²) in [6, 6.07) is 8.62. The van der Waals surface area contributed by atoms with Crippen LogP contribution in [-0.4, -0.2) is 35.0 Å². The number of rotatable bonds is 10. The second-order valence-electron chi connectivity index (χ2n) is 8.00. The molecule has 0 saturated carbocycles. The maximum Gasteiger partial charge on any atom is 0.244 e. The first-order chi connectivity index (χ1) is 16.7. The normalized spacial score (nSPS) is 10.8. The second kappa shape index (κ2) is 11.5. The molecule has 0 aliphatic carbocycles. The number of benzene rings is 2. The van der Waals surface area contributed by atoms with Crippen molar-refractivity contribution >= 4 is 17.5 Å². The zero-order valence-electron chi connectivity index (χ0n) is 19.7. The van der Waals surface area contributed by atoms with Gasteiger partial charge < -0.3 is 19.5 Å². The molecule has 0 bridgehead atoms. The molecule has 186 valence electrons. The molecule has 1 heterocycles. The van der Waals surface area contributed by atoms with Crippen LogP contribution in [0.4, 0.5) is 18.9 Å². The number of amides is 2. The second-order valence-corrected chi connectivity index (χ2v) is 8.00. The molecule has 0 fully saturated rings. The van der Waals surface area contributed by atoms with Crippen LogP contribution in [0.5, 0.6) is 5.75 Å². The Labute approximate surface area is 200 Å². The molecule has 0 unspecified atom stereocenters. The molecule has 10 heteroatoms. The van der Waals surface area contributed by atoms with Crippen LogP contribution in [-0.2, 0) is 22.6 Å². The number of nitrogens with zero attached hydrogens (tertiary/aromatic N) is 2. The number of anilines is 1. The van der Waals surface area contributed by atoms with Crippen molar-refractivity contribution in [2.45, 2.75) is 40.2 Å². The van der Waals surface area contributed by atoms with Crippen LogP contribution in [0.15, 0.2) is 40.9 Å². The molecule has 0 aliphatic heterocycles. The summed E-state index contributed by atoms with van der Waals surface area (Å²) in [5.41, 5.74) is 1.86. The Morgan fingerprint density at radius 3 is 2.40 bits per heavy atom. The third-order valence-corrected chi connectivity index (χ3v) is 5.33. The van der Waals surface area contributed by atoms with E-state index >= 15 is 0 Å². The van der Waals surface area contributed by atoms with Gasteiger partial charge in [0.2, 0.25) is 11.8 Å². The summed E-state index contributed by atoms with van der Waals surface area (Å²) >= 11 is 0. The van der Waals surface area contributed by atoms with Gasteiger partial charge >= 0.3 is 0 Å². The lowest BCUT2D eigenvalue weighted by Gasteiger charge is -2.22. The molecule has 1 N–H and O–H groups in total. The Hall–Kier alpha value is -3.82. The number of halogens is 3. The van der Waals surface area contributed by atoms with Crippen molar-refractivity contribution in [3.63, 3.8) is 0 Å². The lowest BCUT2D eigenvalue weighted by atomic mass is 10.1. The lowest BCUT2D eigenvalue weighted by molar-refractivity contribution is -0.134. The van der Waals surface area contributed by atoms with Crippen LogP contribution in [0.1, 0.15) is 35.9 Å². The molecule has 7 nitrogen and oxygen atoms in total. The van der Waals surface area contributed by atoms with E-state index in [1.165, 1.54) is 4.90 Å². The van der Waals surface area contributed by atoms with Gasteiger partial charge in [0.05, 0.1) is 29.9 Å². The van der Waals surface area contributed by atoms with Crippen molar-refractivity contribution in [1.82, 2.24) is 10.1 Å². The summed E-state index contributed by atoms with van der Waals surface area (Å²) < 4.78 is 51.2. The summed E-state index contributed by atoms with van der Waals surface area (Å²) in [5.74, 6) is -4.26. The average Bonchev–Trinajstić information content (AvgIpc) is 3.15. The third-order valence-electron chi connectivity index (χ3n) is 5.33. The first-order valence-corrected chi connectivity index (χ1v) is 11.0. The molecule has 0 radical (unpaired) electrons. The van der Waals surface area contributed by atoms with Gasteiger partial charge in [0.15, 0.2) is 17.5 Å². The topological polar surface area (TPSA) is 84.7 Å². The molecule has 2 aromatic carbocycles. The molecule has 0 spiro atoms. The molecule has 35 heavy (non-hydrogen) atoms. The number of ether oxygens (including phenoxy) is 1. The van der Waals surface area contributed by atoms with Gasteiger partial charge in [0.1, 0.15) is 18.1 Å². The number of hydrogen-bond acceptors (Lipinski definition) is 5. The van der Waals surface area contributed by atoms with E-state index in [9.17, 15) is 22.8 Å². The molecule has 0 saturated heterocycles. The van der Waals surface area contributed by atoms with E-state index < -0.39 is 29.0 Å². The van der Waals surface area contributed by atoms with Crippen molar-refractivity contribution < 1.29 is 32.0 Å². The average molecular weight is 489 g/mol. The molecular weight excluding hydrogens is 463 g/mol. The van der Waals surface area contributed by atoms with E-state index in [4.69, 9.17) is 9.26 Å². The smallest absolute Gasteiger partial charge is 0.244 e. The van der Waals surface area contributed by atoms with Crippen molar-refractivity contribution in [2.24, 2.45) is 0 Å². The zero-order chi connectivity index (χ0) is 25.5. The predicted octanol–water partition coefficient (Wildman–Crippen LogP) is 4.71. The molecule has 1 aromatic heterocycles. The van der Waals surface area contributed by atoms with Crippen LogP contribution < -0.4 is 10.1 Å². The number of hydrogen-bond donors (Lipinski definition) is 1. The first-order valence-electron chi connectivity index (χ1n) is 11.0. The largest absolute Gasteiger partial charge is 0.489 e. The van der Waals surface area contributed by atoms with E-state index in [1.54, 1.807) is 24.3 Å². The highest BCUT2D eigenvalue weighted by molar-refractivity contribution is 5.94. The van der Waals surface area contributed by atoms with Gasteiger partial charge in [-0.3, -0.25) is 9.59 Å². The predicted molar refractivity (Wildman–Crippen MR) is 122 cm³/mol. The van der Waals surface area contributed by atoms with E-state index in [-0.39, 0.29) is 18.9 Å². The Morgan fingerprint density at radius 1 is 1.06 bits per heavy atom. The Bertz CT molecular complexity index is 1180. The van der Waals surface area contributed by atoms with E-state index in [0.717, 1.165) is 17.3 Å². The van der Waals surface area contributed by atoms with Crippen molar-refractivity contribution in [3.05, 3.63) is 76.4 Å². The van der Waals surface area contributed by atoms with Gasteiger partial charge in [-0.1, -0.05) is 24.2 Å². The highest BCUT2D eigenvalue weighted by Crippen LogP contribution is 2.20. The van der Waals surface area contributed by atoms with E-state index in [2.05, 4.69) is 10.5 Å². The van der Waals surface area contributed by atoms with E-state index in [0.29, 0.717) is 42.7 Å². The van der Waals surface area contributed by atoms with Gasteiger partial charge in [-0.25, -0.2) is 13.2 Å². The fraction of sp³-hybridized carbons (Fsp3) is 0.320. The summed E-state index contributed by atoms with van der Waals surface area (Å²) in [6.07, 6.45) is 0.629. The molecule has 0 atom stereocenters. The van der Waals surface area contributed by atoms with Crippen LogP contribution in [0, 0.1) is 31.3 Å². The minimum absolute atomic E-state index is 0.0387. The molecule has 0 aliphatic rings. The van der Waals surface area contributed by atoms with Crippen LogP contribution in [0.2, 0.25) is 0 Å². The van der Waals surface area contributed by atoms with E-state index in [1.807, 2.05) is 20.8 Å². The zero-order valence-corrected chi connectivity index (χ0v) is 19.7. The van der Waals surface area contributed by atoms with Gasteiger partial charge in [-0.2, -0.15) is 0 Å². The molecule has 3 aromatic rings. The number of aryl methyl sites for hydroxylation is 2. The number of carbonyl (C=O) groups is 2. The summed E-state index contributed by atoms with van der Waals surface area (Å²) in [5, 5.41) is 6.07. The minimum atomic E-state index is -1.68. The quantitative estimate of drug-likeness (QED) is 0.417. The third kappa shape index (κ3) is 6.62. The highest BCUT2D eigenvalue weighted by Gasteiger charge is 2.20. The maximum absolute atomic E-state index is 13.8. The molecular formula is C25H26F3N3O4. The Kier molecular flexibility index (Phi) is 8.51. The van der Waals surface area contributed by atoms with Gasteiger partial charge in [-0.15, -0.1) is 0 Å². The molecule has 3 rings (SSSR count). The fourth-order valence-corrected chi connectivity index (χ4v) is 3.40. The van der Waals surface area contributed by atoms with Crippen molar-refractivity contribution in [3.8, 4) is 5.75 Å². The van der Waals surface area contributed by atoms with Gasteiger partial charge in [-0.05, 0) is 50.1 Å². The number of aromatic nitrogens is 1. The summed E-state index contributed by atoms with van der Waals surface area (Å²) in [4.78, 5) is 26.5. The van der Waals surface area contributed by atoms with Gasteiger partial charge in [0.25, 0.3) is 0 Å². The lowest BCUT2D eigenvalue weighted by Crippen LogP contribution is -2.39. The van der Waals surface area contributed by atoms with Crippen molar-refractivity contribution in [2.75, 3.05) is 18.4 Å².